The van der Waals surface area contributed by atoms with E-state index in [9.17, 15) is 0 Å². The van der Waals surface area contributed by atoms with Gasteiger partial charge in [-0.15, -0.1) is 11.3 Å². The van der Waals surface area contributed by atoms with E-state index >= 15 is 0 Å². The van der Waals surface area contributed by atoms with Crippen molar-refractivity contribution in [3.8, 4) is 0 Å². The Hall–Kier alpha value is -0.420. The van der Waals surface area contributed by atoms with Crippen LogP contribution in [-0.4, -0.2) is 36.7 Å². The normalized spacial score (nSPS) is 25.3. The highest BCUT2D eigenvalue weighted by Crippen LogP contribution is 2.15. The number of rotatable bonds is 3. The number of nitrogens with zero attached hydrogens (tertiary/aromatic N) is 1. The number of ether oxygens (including phenoxy) is 1. The molecule has 0 radical (unpaired) electrons. The fourth-order valence-corrected chi connectivity index (χ4v) is 2.56. The van der Waals surface area contributed by atoms with E-state index < -0.39 is 0 Å². The summed E-state index contributed by atoms with van der Waals surface area (Å²) in [5.74, 6) is 0. The molecule has 84 valence electrons. The van der Waals surface area contributed by atoms with Gasteiger partial charge in [-0.1, -0.05) is 6.07 Å². The molecule has 0 spiro atoms. The lowest BCUT2D eigenvalue weighted by molar-refractivity contribution is -0.0400. The molecular weight excluding hydrogens is 208 g/mol. The molecule has 2 unspecified atom stereocenters. The van der Waals surface area contributed by atoms with E-state index in [2.05, 4.69) is 22.4 Å². The highest BCUT2D eigenvalue weighted by Gasteiger charge is 2.23. The second-order valence-corrected chi connectivity index (χ2v) is 5.12. The van der Waals surface area contributed by atoms with Gasteiger partial charge >= 0.3 is 0 Å². The van der Waals surface area contributed by atoms with Crippen molar-refractivity contribution in [3.05, 3.63) is 22.4 Å². The zero-order chi connectivity index (χ0) is 10.7. The first-order chi connectivity index (χ1) is 7.25. The van der Waals surface area contributed by atoms with Crippen molar-refractivity contribution in [2.45, 2.75) is 25.6 Å². The SMILES string of the molecule is CC(N)C1CN(Cc2cccs2)CCO1. The van der Waals surface area contributed by atoms with E-state index in [1.807, 2.05) is 18.3 Å². The topological polar surface area (TPSA) is 38.5 Å². The van der Waals surface area contributed by atoms with Gasteiger partial charge in [-0.25, -0.2) is 0 Å². The fraction of sp³-hybridized carbons (Fsp3) is 0.636. The molecule has 4 heteroatoms. The Morgan fingerprint density at radius 3 is 3.27 bits per heavy atom. The van der Waals surface area contributed by atoms with Gasteiger partial charge in [0.25, 0.3) is 0 Å². The minimum absolute atomic E-state index is 0.121. The molecule has 2 atom stereocenters. The third kappa shape index (κ3) is 3.01. The molecule has 0 saturated carbocycles. The van der Waals surface area contributed by atoms with Crippen molar-refractivity contribution in [2.24, 2.45) is 5.73 Å². The molecule has 3 nitrogen and oxygen atoms in total. The third-order valence-corrected chi connectivity index (χ3v) is 3.58. The van der Waals surface area contributed by atoms with E-state index in [0.717, 1.165) is 26.2 Å². The second-order valence-electron chi connectivity index (χ2n) is 4.08. The summed E-state index contributed by atoms with van der Waals surface area (Å²) in [6, 6.07) is 4.40. The van der Waals surface area contributed by atoms with E-state index in [1.165, 1.54) is 4.88 Å². The van der Waals surface area contributed by atoms with Crippen molar-refractivity contribution in [1.29, 1.82) is 0 Å². The van der Waals surface area contributed by atoms with Crippen LogP contribution in [0.3, 0.4) is 0 Å². The average Bonchev–Trinajstić information content (AvgIpc) is 2.71. The quantitative estimate of drug-likeness (QED) is 0.844. The summed E-state index contributed by atoms with van der Waals surface area (Å²) in [5, 5.41) is 2.12. The van der Waals surface area contributed by atoms with E-state index in [4.69, 9.17) is 10.5 Å². The highest BCUT2D eigenvalue weighted by atomic mass is 32.1. The molecule has 1 saturated heterocycles. The molecule has 1 fully saturated rings. The highest BCUT2D eigenvalue weighted by molar-refractivity contribution is 7.09. The standard InChI is InChI=1S/C11H18N2OS/c1-9(12)11-8-13(4-5-14-11)7-10-3-2-6-15-10/h2-3,6,9,11H,4-5,7-8,12H2,1H3. The Bertz CT molecular complexity index is 287. The maximum Gasteiger partial charge on any atom is 0.0850 e. The lowest BCUT2D eigenvalue weighted by atomic mass is 10.1. The van der Waals surface area contributed by atoms with Gasteiger partial charge in [-0.2, -0.15) is 0 Å². The Balaban J connectivity index is 1.88. The van der Waals surface area contributed by atoms with Crippen LogP contribution in [0, 0.1) is 0 Å². The van der Waals surface area contributed by atoms with Gasteiger partial charge < -0.3 is 10.5 Å². The lowest BCUT2D eigenvalue weighted by Crippen LogP contribution is -2.49. The summed E-state index contributed by atoms with van der Waals surface area (Å²) in [7, 11) is 0. The summed E-state index contributed by atoms with van der Waals surface area (Å²) >= 11 is 1.81. The molecule has 2 heterocycles. The number of nitrogens with two attached hydrogens (primary N) is 1. The van der Waals surface area contributed by atoms with Gasteiger partial charge in [0, 0.05) is 30.6 Å². The van der Waals surface area contributed by atoms with Crippen LogP contribution in [0.5, 0.6) is 0 Å². The largest absolute Gasteiger partial charge is 0.374 e. The molecule has 1 aromatic heterocycles. The first kappa shape index (κ1) is 11.1. The molecule has 15 heavy (non-hydrogen) atoms. The number of hydrogen-bond acceptors (Lipinski definition) is 4. The third-order valence-electron chi connectivity index (χ3n) is 2.72. The smallest absolute Gasteiger partial charge is 0.0850 e. The van der Waals surface area contributed by atoms with Crippen molar-refractivity contribution in [2.75, 3.05) is 19.7 Å². The maximum absolute atomic E-state index is 5.85. The van der Waals surface area contributed by atoms with Crippen molar-refractivity contribution in [3.63, 3.8) is 0 Å². The van der Waals surface area contributed by atoms with Crippen LogP contribution >= 0.6 is 11.3 Å². The lowest BCUT2D eigenvalue weighted by Gasteiger charge is -2.34. The summed E-state index contributed by atoms with van der Waals surface area (Å²) in [4.78, 5) is 3.84. The molecule has 0 amide bonds. The summed E-state index contributed by atoms with van der Waals surface area (Å²) in [6.45, 7) is 5.82. The Morgan fingerprint density at radius 1 is 1.73 bits per heavy atom. The molecule has 0 bridgehead atoms. The first-order valence-electron chi connectivity index (χ1n) is 5.37. The Labute approximate surface area is 94.8 Å². The predicted molar refractivity (Wildman–Crippen MR) is 63.0 cm³/mol. The Kier molecular flexibility index (Phi) is 3.75. The predicted octanol–water partition coefficient (Wildman–Crippen LogP) is 1.30. The zero-order valence-electron chi connectivity index (χ0n) is 9.06. The van der Waals surface area contributed by atoms with Crippen LogP contribution in [0.4, 0.5) is 0 Å². The van der Waals surface area contributed by atoms with Crippen molar-refractivity contribution >= 4 is 11.3 Å². The van der Waals surface area contributed by atoms with Crippen LogP contribution in [0.1, 0.15) is 11.8 Å². The minimum atomic E-state index is 0.121. The van der Waals surface area contributed by atoms with Crippen LogP contribution in [-0.2, 0) is 11.3 Å². The Morgan fingerprint density at radius 2 is 2.60 bits per heavy atom. The first-order valence-corrected chi connectivity index (χ1v) is 6.25. The van der Waals surface area contributed by atoms with Gasteiger partial charge in [0.05, 0.1) is 12.7 Å². The van der Waals surface area contributed by atoms with E-state index in [1.54, 1.807) is 0 Å². The van der Waals surface area contributed by atoms with Gasteiger partial charge in [-0.3, -0.25) is 4.90 Å². The number of hydrogen-bond donors (Lipinski definition) is 1. The summed E-state index contributed by atoms with van der Waals surface area (Å²) in [6.07, 6.45) is 0.193. The molecule has 2 N–H and O–H groups in total. The van der Waals surface area contributed by atoms with Gasteiger partial charge in [0.1, 0.15) is 0 Å². The molecule has 0 aromatic carbocycles. The zero-order valence-corrected chi connectivity index (χ0v) is 9.87. The van der Waals surface area contributed by atoms with E-state index in [-0.39, 0.29) is 12.1 Å². The molecule has 0 aliphatic carbocycles. The second kappa shape index (κ2) is 5.07. The van der Waals surface area contributed by atoms with Crippen molar-refractivity contribution in [1.82, 2.24) is 4.90 Å². The van der Waals surface area contributed by atoms with Gasteiger partial charge in [0.2, 0.25) is 0 Å². The van der Waals surface area contributed by atoms with Crippen LogP contribution in [0.2, 0.25) is 0 Å². The molecule has 2 rings (SSSR count). The molecule has 1 aliphatic heterocycles. The van der Waals surface area contributed by atoms with Gasteiger partial charge in [-0.05, 0) is 18.4 Å². The summed E-state index contributed by atoms with van der Waals surface area (Å²) < 4.78 is 5.63. The van der Waals surface area contributed by atoms with Crippen LogP contribution in [0.15, 0.2) is 17.5 Å². The van der Waals surface area contributed by atoms with Gasteiger partial charge in [0.15, 0.2) is 0 Å². The summed E-state index contributed by atoms with van der Waals surface area (Å²) in [5.41, 5.74) is 5.85. The molecule has 1 aliphatic rings. The van der Waals surface area contributed by atoms with E-state index in [0.29, 0.717) is 0 Å². The molecular formula is C11H18N2OS. The maximum atomic E-state index is 5.85. The minimum Gasteiger partial charge on any atom is -0.374 e. The average molecular weight is 226 g/mol. The van der Waals surface area contributed by atoms with Crippen LogP contribution < -0.4 is 5.73 Å². The fourth-order valence-electron chi connectivity index (χ4n) is 1.82. The molecule has 1 aromatic rings. The monoisotopic (exact) mass is 226 g/mol. The van der Waals surface area contributed by atoms with Crippen molar-refractivity contribution < 1.29 is 4.74 Å². The number of thiophene rings is 1. The number of morpholine rings is 1. The van der Waals surface area contributed by atoms with Crippen LogP contribution in [0.25, 0.3) is 0 Å².